The van der Waals surface area contributed by atoms with Crippen molar-refractivity contribution < 1.29 is 26.9 Å². The lowest BCUT2D eigenvalue weighted by molar-refractivity contribution is 0.103. The van der Waals surface area contributed by atoms with Crippen molar-refractivity contribution in [2.75, 3.05) is 16.6 Å². The minimum Gasteiger partial charge on any atom is -0.497 e. The third kappa shape index (κ3) is 10.4. The molecule has 6 aromatic rings. The van der Waals surface area contributed by atoms with Gasteiger partial charge in [0.05, 0.1) is 43.1 Å². The average Bonchev–Trinajstić information content (AvgIpc) is 3.19. The van der Waals surface area contributed by atoms with Crippen molar-refractivity contribution in [2.45, 2.75) is 61.7 Å². The maximum atomic E-state index is 14.1. The number of hydrogen-bond donors (Lipinski definition) is 2. The normalized spacial score (nSPS) is 12.9. The predicted octanol–water partition coefficient (Wildman–Crippen LogP) is 11.2. The van der Waals surface area contributed by atoms with Crippen LogP contribution in [0, 0.1) is 0 Å². The molecule has 0 bridgehead atoms. The van der Waals surface area contributed by atoms with E-state index in [1.54, 1.807) is 79.9 Å². The first-order valence-corrected chi connectivity index (χ1v) is 22.9. The van der Waals surface area contributed by atoms with Gasteiger partial charge in [-0.2, -0.15) is 0 Å². The molecular formula is C45H43Cl3N4O6S2. The number of hydrogen-bond acceptors (Lipinski definition) is 8. The Morgan fingerprint density at radius 3 is 1.97 bits per heavy atom. The molecule has 4 aromatic carbocycles. The highest BCUT2D eigenvalue weighted by atomic mass is 35.5. The Morgan fingerprint density at radius 2 is 1.35 bits per heavy atom. The Morgan fingerprint density at radius 1 is 0.733 bits per heavy atom. The fourth-order valence-corrected chi connectivity index (χ4v) is 9.04. The number of anilines is 2. The highest BCUT2D eigenvalue weighted by Gasteiger charge is 2.28. The number of carbonyl (C=O) groups excluding carboxylic acids is 1. The lowest BCUT2D eigenvalue weighted by Gasteiger charge is -2.26. The van der Waals surface area contributed by atoms with Gasteiger partial charge in [-0.1, -0.05) is 106 Å². The molecule has 0 amide bonds. The van der Waals surface area contributed by atoms with Crippen LogP contribution in [0.1, 0.15) is 67.5 Å². The summed E-state index contributed by atoms with van der Waals surface area (Å²) in [6, 6.07) is 29.9. The molecule has 312 valence electrons. The molecule has 0 spiro atoms. The van der Waals surface area contributed by atoms with Crippen LogP contribution in [0.25, 0.3) is 0 Å². The number of carbonyl (C=O) groups is 1. The van der Waals surface area contributed by atoms with Crippen molar-refractivity contribution in [1.82, 2.24) is 9.97 Å². The number of pyridine rings is 2. The molecule has 0 aliphatic carbocycles. The van der Waals surface area contributed by atoms with E-state index in [-0.39, 0.29) is 48.9 Å². The van der Waals surface area contributed by atoms with E-state index in [2.05, 4.69) is 41.1 Å². The van der Waals surface area contributed by atoms with E-state index in [9.17, 15) is 17.4 Å². The zero-order valence-corrected chi connectivity index (χ0v) is 37.6. The summed E-state index contributed by atoms with van der Waals surface area (Å²) in [7, 11) is -5.75. The topological polar surface area (TPSA) is 137 Å². The molecule has 2 aromatic heterocycles. The highest BCUT2D eigenvalue weighted by Crippen LogP contribution is 2.38. The van der Waals surface area contributed by atoms with Crippen molar-refractivity contribution in [3.05, 3.63) is 159 Å². The van der Waals surface area contributed by atoms with Crippen molar-refractivity contribution >= 4 is 77.6 Å². The molecule has 15 heteroatoms. The number of aromatic nitrogens is 2. The number of methoxy groups -OCH3 is 1. The molecular weight excluding hydrogens is 863 g/mol. The maximum absolute atomic E-state index is 14.1. The Balaban J connectivity index is 1.27. The van der Waals surface area contributed by atoms with Gasteiger partial charge in [0.25, 0.3) is 10.0 Å². The van der Waals surface area contributed by atoms with Crippen LogP contribution in [0.4, 0.5) is 11.4 Å². The van der Waals surface area contributed by atoms with Crippen molar-refractivity contribution in [3.8, 4) is 17.4 Å². The number of rotatable bonds is 14. The first kappa shape index (κ1) is 44.4. The quantitative estimate of drug-likeness (QED) is 0.0814. The average molecular weight is 906 g/mol. The molecule has 2 N–H and O–H groups in total. The number of nitrogens with zero attached hydrogens (tertiary/aromatic N) is 2. The second-order valence-corrected chi connectivity index (χ2v) is 20.7. The van der Waals surface area contributed by atoms with Crippen molar-refractivity contribution in [3.63, 3.8) is 0 Å². The molecule has 0 fully saturated rings. The zero-order valence-electron chi connectivity index (χ0n) is 33.7. The molecule has 1 unspecified atom stereocenters. The van der Waals surface area contributed by atoms with E-state index in [1.807, 2.05) is 26.0 Å². The number of benzene rings is 4. The van der Waals surface area contributed by atoms with Crippen molar-refractivity contribution in [2.24, 2.45) is 0 Å². The lowest BCUT2D eigenvalue weighted by Crippen LogP contribution is -2.22. The summed E-state index contributed by atoms with van der Waals surface area (Å²) in [5, 5.41) is 0.757. The Hall–Kier alpha value is -5.11. The van der Waals surface area contributed by atoms with Gasteiger partial charge in [0.15, 0.2) is 0 Å². The number of ether oxygens (including phenoxy) is 2. The summed E-state index contributed by atoms with van der Waals surface area (Å²) in [6.45, 7) is 10.2. The first-order chi connectivity index (χ1) is 28.1. The van der Waals surface area contributed by atoms with Gasteiger partial charge in [-0.3, -0.25) is 9.52 Å². The number of nitrogens with one attached hydrogen (secondary N) is 2. The number of ketones is 1. The van der Waals surface area contributed by atoms with Crippen molar-refractivity contribution in [1.29, 1.82) is 0 Å². The summed E-state index contributed by atoms with van der Waals surface area (Å²) in [5.74, 6) is 4.69. The molecule has 0 saturated carbocycles. The van der Waals surface area contributed by atoms with E-state index in [1.165, 1.54) is 30.5 Å². The van der Waals surface area contributed by atoms with Gasteiger partial charge in [-0.05, 0) is 101 Å². The molecule has 0 aliphatic heterocycles. The molecule has 10 nitrogen and oxygen atoms in total. The van der Waals surface area contributed by atoms with Gasteiger partial charge in [-0.25, -0.2) is 22.6 Å². The minimum absolute atomic E-state index is 0.0604. The van der Waals surface area contributed by atoms with E-state index in [4.69, 9.17) is 49.3 Å². The summed E-state index contributed by atoms with van der Waals surface area (Å²) in [4.78, 5) is 22.8. The SMILES string of the molecule is C=S(=O)(Nc1cc(Cl)c(CC(C)(C)c2ccc(S(=O)(=O)Nc3cc(Cl)cnc3C(=O)c3cccc(Cl)c3)cc2)nc1Oc1ccc(OC)cc1)c1ccc(C(C)(C)C)cc1. The highest BCUT2D eigenvalue weighted by molar-refractivity contribution is 8.01. The molecule has 60 heavy (non-hydrogen) atoms. The Bertz CT molecular complexity index is 2780. The van der Waals surface area contributed by atoms with Gasteiger partial charge in [-0.15, -0.1) is 0 Å². The first-order valence-electron chi connectivity index (χ1n) is 18.5. The molecule has 1 atom stereocenters. The molecule has 0 radical (unpaired) electrons. The summed E-state index contributed by atoms with van der Waals surface area (Å²) in [5.41, 5.74) is 1.88. The largest absolute Gasteiger partial charge is 0.497 e. The van der Waals surface area contributed by atoms with E-state index >= 15 is 0 Å². The standard InChI is InChI=1S/C45H43Cl3N4O6S2/c1-44(2,3)29-11-19-35(20-12-29)59(7,54)51-39-25-37(48)40(50-43(39)58-34-17-15-33(57-6)16-18-34)26-45(4,5)30-13-21-36(22-14-30)60(55,56)52-38-24-32(47)27-49-41(38)42(53)28-9-8-10-31(46)23-28/h8-25,27,52H,7,26H2,1-6H3,(H,51,54). The van der Waals surface area contributed by atoms with Crippen LogP contribution < -0.4 is 18.9 Å². The third-order valence-electron chi connectivity index (χ3n) is 9.62. The molecule has 0 aliphatic rings. The smallest absolute Gasteiger partial charge is 0.261 e. The van der Waals surface area contributed by atoms with Crippen LogP contribution in [-0.2, 0) is 37.0 Å². The lowest BCUT2D eigenvalue weighted by atomic mass is 9.80. The maximum Gasteiger partial charge on any atom is 0.261 e. The Labute approximate surface area is 366 Å². The van der Waals surface area contributed by atoms with E-state index < -0.39 is 30.9 Å². The summed E-state index contributed by atoms with van der Waals surface area (Å²) >= 11 is 19.2. The van der Waals surface area contributed by atoms with Gasteiger partial charge >= 0.3 is 0 Å². The van der Waals surface area contributed by atoms with Crippen LogP contribution in [0.5, 0.6) is 17.4 Å². The van der Waals surface area contributed by atoms with Crippen LogP contribution in [0.15, 0.2) is 125 Å². The van der Waals surface area contributed by atoms with Crippen LogP contribution >= 0.6 is 34.8 Å². The summed E-state index contributed by atoms with van der Waals surface area (Å²) < 4.78 is 58.6. The van der Waals surface area contributed by atoms with E-state index in [0.29, 0.717) is 33.5 Å². The fourth-order valence-electron chi connectivity index (χ4n) is 6.22. The van der Waals surface area contributed by atoms with Gasteiger partial charge < -0.3 is 14.2 Å². The van der Waals surface area contributed by atoms with Crippen LogP contribution in [-0.4, -0.2) is 41.4 Å². The fraction of sp³-hybridized carbons (Fsp3) is 0.200. The number of halogens is 3. The van der Waals surface area contributed by atoms with Gasteiger partial charge in [0, 0.05) is 28.1 Å². The van der Waals surface area contributed by atoms with Gasteiger partial charge in [0.1, 0.15) is 22.9 Å². The monoisotopic (exact) mass is 904 g/mol. The predicted molar refractivity (Wildman–Crippen MR) is 243 cm³/mol. The molecule has 6 rings (SSSR count). The Kier molecular flexibility index (Phi) is 12.9. The van der Waals surface area contributed by atoms with Gasteiger partial charge in [0.2, 0.25) is 11.7 Å². The van der Waals surface area contributed by atoms with Crippen LogP contribution in [0.2, 0.25) is 15.1 Å². The van der Waals surface area contributed by atoms with E-state index in [0.717, 1.165) is 11.1 Å². The molecule has 0 saturated heterocycles. The van der Waals surface area contributed by atoms with Crippen LogP contribution in [0.3, 0.4) is 0 Å². The second-order valence-electron chi connectivity index (χ2n) is 15.7. The third-order valence-corrected chi connectivity index (χ3v) is 13.4. The molecule has 2 heterocycles. The summed E-state index contributed by atoms with van der Waals surface area (Å²) in [6.07, 6.45) is 1.56. The zero-order chi connectivity index (χ0) is 43.6. The number of sulfonamides is 1. The minimum atomic E-state index is -4.21. The second kappa shape index (κ2) is 17.5.